The number of aromatic nitrogens is 4. The third-order valence-electron chi connectivity index (χ3n) is 5.24. The van der Waals surface area contributed by atoms with E-state index < -0.39 is 0 Å². The molecular formula is C22H20FN5O. The number of halogens is 1. The van der Waals surface area contributed by atoms with E-state index in [0.717, 1.165) is 41.1 Å². The van der Waals surface area contributed by atoms with Crippen molar-refractivity contribution in [1.29, 1.82) is 0 Å². The first kappa shape index (κ1) is 17.7. The number of rotatable bonds is 3. The Kier molecular flexibility index (Phi) is 4.42. The molecule has 1 saturated heterocycles. The molecule has 0 spiro atoms. The van der Waals surface area contributed by atoms with Crippen molar-refractivity contribution in [2.75, 3.05) is 18.0 Å². The lowest BCUT2D eigenvalue weighted by Crippen LogP contribution is -2.29. The minimum absolute atomic E-state index is 0.326. The lowest BCUT2D eigenvalue weighted by atomic mass is 10.1. The predicted octanol–water partition coefficient (Wildman–Crippen LogP) is 4.78. The van der Waals surface area contributed by atoms with E-state index in [1.54, 1.807) is 12.3 Å². The number of aryl methyl sites for hydroxylation is 1. The van der Waals surface area contributed by atoms with E-state index in [0.29, 0.717) is 17.2 Å². The van der Waals surface area contributed by atoms with Gasteiger partial charge in [0.15, 0.2) is 0 Å². The zero-order valence-corrected chi connectivity index (χ0v) is 16.1. The molecule has 0 saturated carbocycles. The average Bonchev–Trinajstić information content (AvgIpc) is 3.24. The van der Waals surface area contributed by atoms with Gasteiger partial charge in [-0.25, -0.2) is 9.37 Å². The normalized spacial score (nSPS) is 14.5. The summed E-state index contributed by atoms with van der Waals surface area (Å²) in [4.78, 5) is 15.8. The Morgan fingerprint density at radius 3 is 2.66 bits per heavy atom. The van der Waals surface area contributed by atoms with Gasteiger partial charge in [0.2, 0.25) is 5.82 Å². The standard InChI is InChI=1S/C22H20FN5O/c1-14-11-18(17-7-6-16(23)12-19(17)25-14)22-26-21(27-29-22)15-5-8-20(24-13-15)28-9-3-2-4-10-28/h5-8,11-13H,2-4,9-10H2,1H3. The topological polar surface area (TPSA) is 67.9 Å². The molecule has 1 aliphatic rings. The van der Waals surface area contributed by atoms with Crippen LogP contribution in [0.15, 0.2) is 47.1 Å². The summed E-state index contributed by atoms with van der Waals surface area (Å²) >= 11 is 0. The molecule has 3 aromatic heterocycles. The summed E-state index contributed by atoms with van der Waals surface area (Å²) in [5.74, 6) is 1.51. The first-order chi connectivity index (χ1) is 14.2. The summed E-state index contributed by atoms with van der Waals surface area (Å²) in [7, 11) is 0. The maximum atomic E-state index is 13.6. The molecule has 5 rings (SSSR count). The SMILES string of the molecule is Cc1cc(-c2nc(-c3ccc(N4CCCCC4)nc3)no2)c2ccc(F)cc2n1. The molecule has 1 aromatic carbocycles. The smallest absolute Gasteiger partial charge is 0.258 e. The number of anilines is 1. The molecule has 6 nitrogen and oxygen atoms in total. The fraction of sp³-hybridized carbons (Fsp3) is 0.273. The van der Waals surface area contributed by atoms with Gasteiger partial charge in [0.1, 0.15) is 11.6 Å². The fourth-order valence-electron chi connectivity index (χ4n) is 3.79. The number of fused-ring (bicyclic) bond motifs is 1. The molecule has 0 bridgehead atoms. The minimum atomic E-state index is -0.326. The molecule has 0 unspecified atom stereocenters. The van der Waals surface area contributed by atoms with Gasteiger partial charge in [0, 0.05) is 42.0 Å². The van der Waals surface area contributed by atoms with Crippen LogP contribution < -0.4 is 4.90 Å². The van der Waals surface area contributed by atoms with Crippen LogP contribution in [0.4, 0.5) is 10.2 Å². The van der Waals surface area contributed by atoms with E-state index in [4.69, 9.17) is 4.52 Å². The van der Waals surface area contributed by atoms with Crippen LogP contribution >= 0.6 is 0 Å². The highest BCUT2D eigenvalue weighted by molar-refractivity contribution is 5.92. The van der Waals surface area contributed by atoms with Crippen LogP contribution in [0.1, 0.15) is 25.0 Å². The van der Waals surface area contributed by atoms with Gasteiger partial charge < -0.3 is 9.42 Å². The monoisotopic (exact) mass is 389 g/mol. The Balaban J connectivity index is 1.47. The minimum Gasteiger partial charge on any atom is -0.357 e. The second kappa shape index (κ2) is 7.24. The van der Waals surface area contributed by atoms with E-state index in [1.165, 1.54) is 31.4 Å². The summed E-state index contributed by atoms with van der Waals surface area (Å²) in [5, 5.41) is 4.89. The quantitative estimate of drug-likeness (QED) is 0.502. The van der Waals surface area contributed by atoms with E-state index in [2.05, 4.69) is 25.0 Å². The first-order valence-corrected chi connectivity index (χ1v) is 9.80. The highest BCUT2D eigenvalue weighted by Crippen LogP contribution is 2.30. The lowest BCUT2D eigenvalue weighted by molar-refractivity contribution is 0.432. The number of hydrogen-bond acceptors (Lipinski definition) is 6. The van der Waals surface area contributed by atoms with E-state index in [1.807, 2.05) is 25.1 Å². The van der Waals surface area contributed by atoms with Crippen LogP contribution in [0, 0.1) is 12.7 Å². The molecule has 146 valence electrons. The van der Waals surface area contributed by atoms with Crippen molar-refractivity contribution in [1.82, 2.24) is 20.1 Å². The fourth-order valence-corrected chi connectivity index (χ4v) is 3.79. The molecule has 4 aromatic rings. The molecular weight excluding hydrogens is 369 g/mol. The Labute approximate surface area is 167 Å². The third-order valence-corrected chi connectivity index (χ3v) is 5.24. The molecule has 0 atom stereocenters. The summed E-state index contributed by atoms with van der Waals surface area (Å²) in [6, 6.07) is 10.3. The van der Waals surface area contributed by atoms with Crippen LogP contribution in [-0.4, -0.2) is 33.2 Å². The Hall–Kier alpha value is -3.35. The van der Waals surface area contributed by atoms with Gasteiger partial charge >= 0.3 is 0 Å². The largest absolute Gasteiger partial charge is 0.357 e. The molecule has 1 fully saturated rings. The van der Waals surface area contributed by atoms with E-state index in [9.17, 15) is 4.39 Å². The Morgan fingerprint density at radius 2 is 1.86 bits per heavy atom. The first-order valence-electron chi connectivity index (χ1n) is 9.80. The van der Waals surface area contributed by atoms with Crippen molar-refractivity contribution in [3.63, 3.8) is 0 Å². The van der Waals surface area contributed by atoms with Gasteiger partial charge in [-0.1, -0.05) is 5.16 Å². The third kappa shape index (κ3) is 3.44. The average molecular weight is 389 g/mol. The number of hydrogen-bond donors (Lipinski definition) is 0. The number of benzene rings is 1. The van der Waals surface area contributed by atoms with Crippen LogP contribution in [0.5, 0.6) is 0 Å². The zero-order chi connectivity index (χ0) is 19.8. The molecule has 29 heavy (non-hydrogen) atoms. The molecule has 0 aliphatic carbocycles. The molecule has 0 N–H and O–H groups in total. The highest BCUT2D eigenvalue weighted by Gasteiger charge is 2.16. The second-order valence-corrected chi connectivity index (χ2v) is 7.35. The summed E-state index contributed by atoms with van der Waals surface area (Å²) in [5.41, 5.74) is 2.85. The summed E-state index contributed by atoms with van der Waals surface area (Å²) in [6.07, 6.45) is 5.49. The summed E-state index contributed by atoms with van der Waals surface area (Å²) in [6.45, 7) is 3.95. The van der Waals surface area contributed by atoms with Crippen LogP contribution in [0.25, 0.3) is 33.7 Å². The van der Waals surface area contributed by atoms with Crippen LogP contribution in [0.3, 0.4) is 0 Å². The van der Waals surface area contributed by atoms with Gasteiger partial charge in [-0.3, -0.25) is 4.98 Å². The van der Waals surface area contributed by atoms with Gasteiger partial charge in [-0.2, -0.15) is 4.98 Å². The maximum absolute atomic E-state index is 13.6. The van der Waals surface area contributed by atoms with Gasteiger partial charge in [-0.05, 0) is 56.5 Å². The van der Waals surface area contributed by atoms with E-state index >= 15 is 0 Å². The van der Waals surface area contributed by atoms with Crippen LogP contribution in [-0.2, 0) is 0 Å². The maximum Gasteiger partial charge on any atom is 0.258 e. The van der Waals surface area contributed by atoms with E-state index in [-0.39, 0.29) is 5.82 Å². The van der Waals surface area contributed by atoms with Crippen molar-refractivity contribution in [3.05, 3.63) is 54.1 Å². The highest BCUT2D eigenvalue weighted by atomic mass is 19.1. The van der Waals surface area contributed by atoms with Gasteiger partial charge in [0.25, 0.3) is 5.89 Å². The van der Waals surface area contributed by atoms with Crippen molar-refractivity contribution in [3.8, 4) is 22.8 Å². The summed E-state index contributed by atoms with van der Waals surface area (Å²) < 4.78 is 19.1. The number of nitrogens with zero attached hydrogens (tertiary/aromatic N) is 5. The van der Waals surface area contributed by atoms with Crippen molar-refractivity contribution >= 4 is 16.7 Å². The number of pyridine rings is 2. The van der Waals surface area contributed by atoms with Crippen LogP contribution in [0.2, 0.25) is 0 Å². The van der Waals surface area contributed by atoms with Crippen molar-refractivity contribution in [2.24, 2.45) is 0 Å². The Bertz CT molecular complexity index is 1160. The lowest BCUT2D eigenvalue weighted by Gasteiger charge is -2.27. The molecule has 4 heterocycles. The van der Waals surface area contributed by atoms with Crippen molar-refractivity contribution in [2.45, 2.75) is 26.2 Å². The molecule has 0 amide bonds. The molecule has 7 heteroatoms. The van der Waals surface area contributed by atoms with Crippen molar-refractivity contribution < 1.29 is 8.91 Å². The van der Waals surface area contributed by atoms with Gasteiger partial charge in [0.05, 0.1) is 11.1 Å². The Morgan fingerprint density at radius 1 is 1.00 bits per heavy atom. The van der Waals surface area contributed by atoms with Gasteiger partial charge in [-0.15, -0.1) is 0 Å². The number of piperidine rings is 1. The molecule has 0 radical (unpaired) electrons. The predicted molar refractivity (Wildman–Crippen MR) is 109 cm³/mol. The zero-order valence-electron chi connectivity index (χ0n) is 16.1. The molecule has 1 aliphatic heterocycles. The second-order valence-electron chi connectivity index (χ2n) is 7.35.